The Morgan fingerprint density at radius 2 is 1.76 bits per heavy atom. The van der Waals surface area contributed by atoms with E-state index >= 15 is 0 Å². The summed E-state index contributed by atoms with van der Waals surface area (Å²) in [6.45, 7) is 0.133. The highest BCUT2D eigenvalue weighted by Gasteiger charge is 2.38. The van der Waals surface area contributed by atoms with Crippen LogP contribution in [-0.2, 0) is 16.1 Å². The molecule has 1 saturated carbocycles. The first kappa shape index (κ1) is 24.7. The number of carbonyl (C=O) groups excluding carboxylic acids is 2. The van der Waals surface area contributed by atoms with Gasteiger partial charge in [-0.3, -0.25) is 14.6 Å². The molecule has 2 aromatic carbocycles. The van der Waals surface area contributed by atoms with Gasteiger partial charge in [-0.15, -0.1) is 0 Å². The number of carbonyl (C=O) groups is 2. The molecule has 0 bridgehead atoms. The SMILES string of the molecule is O=C(NC1CCCCC1)C(c1ccc(F)cc1)N(Cc1cccnc1)C(=O)C1COc2ccccc2O1. The molecular weight excluding hydrogens is 473 g/mol. The summed E-state index contributed by atoms with van der Waals surface area (Å²) in [5, 5.41) is 3.16. The number of fused-ring (bicyclic) bond motifs is 1. The summed E-state index contributed by atoms with van der Waals surface area (Å²) in [4.78, 5) is 33.5. The first-order valence-electron chi connectivity index (χ1n) is 12.7. The molecule has 1 aromatic heterocycles. The number of nitrogens with one attached hydrogen (secondary N) is 1. The quantitative estimate of drug-likeness (QED) is 0.511. The number of nitrogens with zero attached hydrogens (tertiary/aromatic N) is 2. The third-order valence-electron chi connectivity index (χ3n) is 6.84. The highest BCUT2D eigenvalue weighted by molar-refractivity contribution is 5.91. The van der Waals surface area contributed by atoms with Crippen LogP contribution in [0.1, 0.15) is 49.3 Å². The third-order valence-corrected chi connectivity index (χ3v) is 6.84. The summed E-state index contributed by atoms with van der Waals surface area (Å²) in [6.07, 6.45) is 7.42. The molecule has 2 atom stereocenters. The Kier molecular flexibility index (Phi) is 7.63. The molecule has 7 nitrogen and oxygen atoms in total. The molecule has 0 radical (unpaired) electrons. The maximum atomic E-state index is 14.0. The molecule has 8 heteroatoms. The van der Waals surface area contributed by atoms with Crippen LogP contribution in [0.4, 0.5) is 4.39 Å². The van der Waals surface area contributed by atoms with E-state index in [-0.39, 0.29) is 25.1 Å². The van der Waals surface area contributed by atoms with Gasteiger partial charge in [0, 0.05) is 25.0 Å². The highest BCUT2D eigenvalue weighted by atomic mass is 19.1. The Hall–Kier alpha value is -3.94. The lowest BCUT2D eigenvalue weighted by Crippen LogP contribution is -2.52. The Labute approximate surface area is 215 Å². The molecule has 2 heterocycles. The molecular formula is C29H30FN3O4. The van der Waals surface area contributed by atoms with Gasteiger partial charge in [0.2, 0.25) is 12.0 Å². The van der Waals surface area contributed by atoms with E-state index in [1.54, 1.807) is 48.8 Å². The Balaban J connectivity index is 1.49. The topological polar surface area (TPSA) is 80.8 Å². The average molecular weight is 504 g/mol. The van der Waals surface area contributed by atoms with Crippen molar-refractivity contribution in [2.45, 2.75) is 56.8 Å². The molecule has 5 rings (SSSR count). The molecule has 1 fully saturated rings. The van der Waals surface area contributed by atoms with Gasteiger partial charge in [0.1, 0.15) is 18.5 Å². The standard InChI is InChI=1S/C29H30FN3O4/c30-22-14-12-21(13-15-22)27(28(34)32-23-8-2-1-3-9-23)33(18-20-7-6-16-31-17-20)29(35)26-19-36-24-10-4-5-11-25(24)37-26/h4-7,10-17,23,26-27H,1-3,8-9,18-19H2,(H,32,34). The van der Waals surface area contributed by atoms with Crippen molar-refractivity contribution in [1.29, 1.82) is 0 Å². The van der Waals surface area contributed by atoms with E-state index in [4.69, 9.17) is 9.47 Å². The van der Waals surface area contributed by atoms with Gasteiger partial charge in [0.05, 0.1) is 0 Å². The number of para-hydroxylation sites is 2. The number of amides is 2. The fraction of sp³-hybridized carbons (Fsp3) is 0.345. The number of hydrogen-bond acceptors (Lipinski definition) is 5. The van der Waals surface area contributed by atoms with Gasteiger partial charge < -0.3 is 19.7 Å². The second-order valence-electron chi connectivity index (χ2n) is 9.49. The Bertz CT molecular complexity index is 1220. The van der Waals surface area contributed by atoms with Crippen molar-refractivity contribution in [3.05, 3.63) is 90.0 Å². The first-order valence-corrected chi connectivity index (χ1v) is 12.7. The maximum Gasteiger partial charge on any atom is 0.268 e. The zero-order valence-electron chi connectivity index (χ0n) is 20.5. The van der Waals surface area contributed by atoms with Crippen LogP contribution in [0.3, 0.4) is 0 Å². The van der Waals surface area contributed by atoms with Gasteiger partial charge in [-0.25, -0.2) is 4.39 Å². The molecule has 1 aliphatic carbocycles. The van der Waals surface area contributed by atoms with E-state index in [9.17, 15) is 14.0 Å². The van der Waals surface area contributed by atoms with E-state index < -0.39 is 23.9 Å². The lowest BCUT2D eigenvalue weighted by atomic mass is 9.94. The maximum absolute atomic E-state index is 14.0. The molecule has 1 aliphatic heterocycles. The molecule has 2 amide bonds. The fourth-order valence-electron chi connectivity index (χ4n) is 4.96. The minimum Gasteiger partial charge on any atom is -0.485 e. The predicted octanol–water partition coefficient (Wildman–Crippen LogP) is 4.58. The van der Waals surface area contributed by atoms with Crippen LogP contribution in [0.2, 0.25) is 0 Å². The van der Waals surface area contributed by atoms with E-state index in [0.29, 0.717) is 17.1 Å². The van der Waals surface area contributed by atoms with Crippen LogP contribution in [-0.4, -0.2) is 40.5 Å². The second-order valence-corrected chi connectivity index (χ2v) is 9.49. The Morgan fingerprint density at radius 1 is 1.00 bits per heavy atom. The van der Waals surface area contributed by atoms with Crippen LogP contribution in [0.15, 0.2) is 73.1 Å². The number of benzene rings is 2. The molecule has 0 spiro atoms. The lowest BCUT2D eigenvalue weighted by molar-refractivity contribution is -0.149. The third kappa shape index (κ3) is 5.90. The summed E-state index contributed by atoms with van der Waals surface area (Å²) < 4.78 is 25.7. The van der Waals surface area contributed by atoms with Crippen molar-refractivity contribution in [2.24, 2.45) is 0 Å². The average Bonchev–Trinajstić information content (AvgIpc) is 2.94. The number of halogens is 1. The molecule has 3 aromatic rings. The highest BCUT2D eigenvalue weighted by Crippen LogP contribution is 2.33. The van der Waals surface area contributed by atoms with Gasteiger partial charge >= 0.3 is 0 Å². The van der Waals surface area contributed by atoms with Crippen molar-refractivity contribution in [1.82, 2.24) is 15.2 Å². The van der Waals surface area contributed by atoms with Crippen LogP contribution in [0.5, 0.6) is 11.5 Å². The largest absolute Gasteiger partial charge is 0.485 e. The van der Waals surface area contributed by atoms with E-state index in [0.717, 1.165) is 37.7 Å². The summed E-state index contributed by atoms with van der Waals surface area (Å²) in [5.74, 6) is -0.0748. The molecule has 2 aliphatic rings. The smallest absolute Gasteiger partial charge is 0.268 e. The molecule has 0 saturated heterocycles. The molecule has 37 heavy (non-hydrogen) atoms. The normalized spacial score (nSPS) is 18.0. The summed E-state index contributed by atoms with van der Waals surface area (Å²) in [5.41, 5.74) is 1.27. The number of hydrogen-bond donors (Lipinski definition) is 1. The van der Waals surface area contributed by atoms with Gasteiger partial charge in [0.15, 0.2) is 11.5 Å². The zero-order valence-corrected chi connectivity index (χ0v) is 20.5. The van der Waals surface area contributed by atoms with Gasteiger partial charge in [-0.1, -0.05) is 49.6 Å². The van der Waals surface area contributed by atoms with E-state index in [1.807, 2.05) is 12.1 Å². The molecule has 1 N–H and O–H groups in total. The van der Waals surface area contributed by atoms with E-state index in [1.165, 1.54) is 17.0 Å². The van der Waals surface area contributed by atoms with Crippen LogP contribution in [0.25, 0.3) is 0 Å². The Morgan fingerprint density at radius 3 is 2.49 bits per heavy atom. The van der Waals surface area contributed by atoms with Crippen LogP contribution < -0.4 is 14.8 Å². The number of rotatable bonds is 7. The number of ether oxygens (including phenoxy) is 2. The molecule has 192 valence electrons. The summed E-state index contributed by atoms with van der Waals surface area (Å²) >= 11 is 0. The summed E-state index contributed by atoms with van der Waals surface area (Å²) in [7, 11) is 0. The van der Waals surface area contributed by atoms with Crippen LogP contribution in [0, 0.1) is 5.82 Å². The molecule has 2 unspecified atom stereocenters. The number of pyridine rings is 1. The van der Waals surface area contributed by atoms with Gasteiger partial charge in [0.25, 0.3) is 5.91 Å². The van der Waals surface area contributed by atoms with Crippen molar-refractivity contribution >= 4 is 11.8 Å². The fourth-order valence-corrected chi connectivity index (χ4v) is 4.96. The van der Waals surface area contributed by atoms with Crippen molar-refractivity contribution < 1.29 is 23.5 Å². The number of aromatic nitrogens is 1. The predicted molar refractivity (Wildman–Crippen MR) is 135 cm³/mol. The van der Waals surface area contributed by atoms with Gasteiger partial charge in [-0.2, -0.15) is 0 Å². The van der Waals surface area contributed by atoms with Crippen molar-refractivity contribution in [3.63, 3.8) is 0 Å². The van der Waals surface area contributed by atoms with E-state index in [2.05, 4.69) is 10.3 Å². The first-order chi connectivity index (χ1) is 18.1. The second kappa shape index (κ2) is 11.4. The zero-order chi connectivity index (χ0) is 25.6. The van der Waals surface area contributed by atoms with Crippen molar-refractivity contribution in [2.75, 3.05) is 6.61 Å². The van der Waals surface area contributed by atoms with Crippen LogP contribution >= 0.6 is 0 Å². The van der Waals surface area contributed by atoms with Gasteiger partial charge in [-0.05, 0) is 54.3 Å². The minimum atomic E-state index is -0.990. The lowest BCUT2D eigenvalue weighted by Gasteiger charge is -2.36. The minimum absolute atomic E-state index is 0.0137. The monoisotopic (exact) mass is 503 g/mol. The van der Waals surface area contributed by atoms with Crippen molar-refractivity contribution in [3.8, 4) is 11.5 Å². The summed E-state index contributed by atoms with van der Waals surface area (Å²) in [6, 6.07) is 15.6.